The van der Waals surface area contributed by atoms with E-state index < -0.39 is 6.10 Å². The van der Waals surface area contributed by atoms with Crippen molar-refractivity contribution in [2.45, 2.75) is 19.4 Å². The first kappa shape index (κ1) is 23.1. The van der Waals surface area contributed by atoms with Gasteiger partial charge in [0.1, 0.15) is 11.3 Å². The summed E-state index contributed by atoms with van der Waals surface area (Å²) >= 11 is 3.50. The molecule has 1 heterocycles. The van der Waals surface area contributed by atoms with Crippen LogP contribution in [0.4, 0.5) is 5.69 Å². The number of benzene rings is 2. The lowest BCUT2D eigenvalue weighted by Gasteiger charge is -2.26. The van der Waals surface area contributed by atoms with Crippen LogP contribution >= 0.6 is 15.9 Å². The molecule has 0 aliphatic carbocycles. The van der Waals surface area contributed by atoms with E-state index in [0.29, 0.717) is 24.5 Å². The number of rotatable bonds is 10. The van der Waals surface area contributed by atoms with Crippen molar-refractivity contribution in [2.24, 2.45) is 0 Å². The molecule has 166 valence electrons. The first-order valence-corrected chi connectivity index (χ1v) is 10.7. The molecule has 8 heteroatoms. The Morgan fingerprint density at radius 2 is 2.10 bits per heavy atom. The number of halogens is 1. The monoisotopic (exact) mass is 491 g/mol. The molecule has 7 nitrogen and oxygen atoms in total. The Labute approximate surface area is 189 Å². The molecule has 31 heavy (non-hydrogen) atoms. The molecule has 0 spiro atoms. The molecule has 0 saturated carbocycles. The Bertz CT molecular complexity index is 1030. The minimum Gasteiger partial charge on any atom is -0.466 e. The molecule has 1 unspecified atom stereocenters. The molecule has 0 radical (unpaired) electrons. The number of aliphatic hydroxyl groups is 1. The van der Waals surface area contributed by atoms with Crippen molar-refractivity contribution in [2.75, 3.05) is 39.0 Å². The quantitative estimate of drug-likeness (QED) is 0.331. The first-order chi connectivity index (χ1) is 14.9. The largest absolute Gasteiger partial charge is 0.466 e. The van der Waals surface area contributed by atoms with Gasteiger partial charge in [-0.25, -0.2) is 0 Å². The van der Waals surface area contributed by atoms with Gasteiger partial charge in [-0.3, -0.25) is 4.79 Å². The van der Waals surface area contributed by atoms with E-state index in [0.717, 1.165) is 26.7 Å². The molecule has 3 aromatic rings. The van der Waals surface area contributed by atoms with Crippen LogP contribution in [-0.4, -0.2) is 45.2 Å². The van der Waals surface area contributed by atoms with Crippen LogP contribution in [0, 0.1) is 0 Å². The minimum absolute atomic E-state index is 0.0351. The molecule has 0 aliphatic rings. The Morgan fingerprint density at radius 1 is 1.29 bits per heavy atom. The lowest BCUT2D eigenvalue weighted by atomic mass is 10.1. The lowest BCUT2D eigenvalue weighted by Crippen LogP contribution is -2.25. The number of nitrogens with zero attached hydrogens (tertiary/aromatic N) is 1. The number of carbonyl (C=O) groups is 1. The molecule has 1 N–H and O–H groups in total. The van der Waals surface area contributed by atoms with Gasteiger partial charge in [0, 0.05) is 31.7 Å². The van der Waals surface area contributed by atoms with E-state index in [9.17, 15) is 9.90 Å². The van der Waals surface area contributed by atoms with Gasteiger partial charge >= 0.3 is 5.97 Å². The van der Waals surface area contributed by atoms with Gasteiger partial charge in [0.05, 0.1) is 35.6 Å². The predicted molar refractivity (Wildman–Crippen MR) is 121 cm³/mol. The van der Waals surface area contributed by atoms with Crippen molar-refractivity contribution in [3.63, 3.8) is 0 Å². The van der Waals surface area contributed by atoms with Gasteiger partial charge in [-0.1, -0.05) is 12.1 Å². The fourth-order valence-electron chi connectivity index (χ4n) is 3.38. The van der Waals surface area contributed by atoms with Crippen molar-refractivity contribution >= 4 is 38.6 Å². The number of esters is 1. The maximum atomic E-state index is 12.0. The highest BCUT2D eigenvalue weighted by atomic mass is 79.9. The summed E-state index contributed by atoms with van der Waals surface area (Å²) in [6.45, 7) is 2.43. The van der Waals surface area contributed by atoms with Gasteiger partial charge < -0.3 is 28.6 Å². The van der Waals surface area contributed by atoms with Crippen LogP contribution in [0.5, 0.6) is 5.75 Å². The smallest absolute Gasteiger partial charge is 0.310 e. The Morgan fingerprint density at radius 3 is 2.84 bits per heavy atom. The molecule has 1 aromatic heterocycles. The Balaban J connectivity index is 1.84. The second-order valence-corrected chi connectivity index (χ2v) is 7.89. The number of hydrogen-bond acceptors (Lipinski definition) is 7. The summed E-state index contributed by atoms with van der Waals surface area (Å²) in [6, 6.07) is 11.2. The molecule has 0 saturated heterocycles. The predicted octanol–water partition coefficient (Wildman–Crippen LogP) is 4.45. The second kappa shape index (κ2) is 10.7. The average Bonchev–Trinajstić information content (AvgIpc) is 3.22. The Hall–Kier alpha value is -2.55. The molecule has 2 aromatic carbocycles. The molecule has 3 rings (SSSR count). The first-order valence-electron chi connectivity index (χ1n) is 9.89. The van der Waals surface area contributed by atoms with E-state index in [2.05, 4.69) is 15.9 Å². The van der Waals surface area contributed by atoms with Gasteiger partial charge in [-0.2, -0.15) is 0 Å². The van der Waals surface area contributed by atoms with Crippen molar-refractivity contribution in [1.82, 2.24) is 0 Å². The third kappa shape index (κ3) is 5.58. The molecule has 0 bridgehead atoms. The van der Waals surface area contributed by atoms with Crippen LogP contribution in [0.15, 0.2) is 51.6 Å². The summed E-state index contributed by atoms with van der Waals surface area (Å²) in [7, 11) is 3.39. The van der Waals surface area contributed by atoms with Crippen LogP contribution < -0.4 is 9.64 Å². The molecular formula is C23H26BrNO6. The summed E-state index contributed by atoms with van der Waals surface area (Å²) in [6.07, 6.45) is 0.942. The standard InChI is InChI=1S/C23H26BrNO6/c1-4-29-21(27)12-15-6-5-7-19(23(15)31-14-28-3)25(2)13-20(26)17-10-16-8-9-30-22(16)18(24)11-17/h5-11,20,26H,4,12-14H2,1-3H3. The normalized spacial score (nSPS) is 12.0. The van der Waals surface area contributed by atoms with Crippen molar-refractivity contribution < 1.29 is 28.5 Å². The number of carbonyl (C=O) groups excluding carboxylic acids is 1. The van der Waals surface area contributed by atoms with Crippen LogP contribution in [0.3, 0.4) is 0 Å². The highest BCUT2D eigenvalue weighted by molar-refractivity contribution is 9.10. The maximum Gasteiger partial charge on any atom is 0.310 e. The number of likely N-dealkylation sites (N-methyl/N-ethyl adjacent to an activating group) is 1. The van der Waals surface area contributed by atoms with Crippen molar-refractivity contribution in [3.05, 3.63) is 58.3 Å². The zero-order valence-electron chi connectivity index (χ0n) is 17.8. The summed E-state index contributed by atoms with van der Waals surface area (Å²) in [5.41, 5.74) is 2.93. The van der Waals surface area contributed by atoms with E-state index in [4.69, 9.17) is 18.6 Å². The van der Waals surface area contributed by atoms with Crippen LogP contribution in [0.25, 0.3) is 11.0 Å². The van der Waals surface area contributed by atoms with E-state index in [1.807, 2.05) is 48.3 Å². The third-order valence-electron chi connectivity index (χ3n) is 4.81. The maximum absolute atomic E-state index is 12.0. The van der Waals surface area contributed by atoms with Gasteiger partial charge in [0.25, 0.3) is 0 Å². The number of fused-ring (bicyclic) bond motifs is 1. The zero-order valence-corrected chi connectivity index (χ0v) is 19.3. The number of methoxy groups -OCH3 is 1. The molecule has 0 amide bonds. The fraction of sp³-hybridized carbons (Fsp3) is 0.348. The number of para-hydroxylation sites is 1. The highest BCUT2D eigenvalue weighted by Gasteiger charge is 2.20. The fourth-order valence-corrected chi connectivity index (χ4v) is 3.97. The molecule has 1 atom stereocenters. The van der Waals surface area contributed by atoms with Crippen molar-refractivity contribution in [1.29, 1.82) is 0 Å². The highest BCUT2D eigenvalue weighted by Crippen LogP contribution is 2.34. The van der Waals surface area contributed by atoms with Gasteiger partial charge in [-0.05, 0) is 52.7 Å². The zero-order chi connectivity index (χ0) is 22.4. The van der Waals surface area contributed by atoms with Gasteiger partial charge in [0.15, 0.2) is 6.79 Å². The van der Waals surface area contributed by atoms with Crippen LogP contribution in [0.1, 0.15) is 24.2 Å². The summed E-state index contributed by atoms with van der Waals surface area (Å²) in [5, 5.41) is 11.8. The van der Waals surface area contributed by atoms with E-state index >= 15 is 0 Å². The van der Waals surface area contributed by atoms with Crippen molar-refractivity contribution in [3.8, 4) is 5.75 Å². The van der Waals surface area contributed by atoms with E-state index in [1.54, 1.807) is 13.2 Å². The number of anilines is 1. The summed E-state index contributed by atoms with van der Waals surface area (Å²) in [4.78, 5) is 13.9. The number of hydrogen-bond donors (Lipinski definition) is 1. The number of ether oxygens (including phenoxy) is 3. The number of furan rings is 1. The third-order valence-corrected chi connectivity index (χ3v) is 5.40. The van der Waals surface area contributed by atoms with Gasteiger partial charge in [-0.15, -0.1) is 0 Å². The van der Waals surface area contributed by atoms with E-state index in [-0.39, 0.29) is 19.2 Å². The SMILES string of the molecule is CCOC(=O)Cc1cccc(N(C)CC(O)c2cc(Br)c3occc3c2)c1OCOC. The minimum atomic E-state index is -0.760. The molecular weight excluding hydrogens is 466 g/mol. The van der Waals surface area contributed by atoms with Crippen LogP contribution in [0.2, 0.25) is 0 Å². The van der Waals surface area contributed by atoms with Gasteiger partial charge in [0.2, 0.25) is 0 Å². The molecule has 0 fully saturated rings. The second-order valence-electron chi connectivity index (χ2n) is 7.04. The topological polar surface area (TPSA) is 81.4 Å². The number of aliphatic hydroxyl groups excluding tert-OH is 1. The molecule has 0 aliphatic heterocycles. The average molecular weight is 492 g/mol. The summed E-state index contributed by atoms with van der Waals surface area (Å²) < 4.78 is 22.2. The lowest BCUT2D eigenvalue weighted by molar-refractivity contribution is -0.142. The Kier molecular flexibility index (Phi) is 7.95. The van der Waals surface area contributed by atoms with Crippen LogP contribution in [-0.2, 0) is 20.7 Å². The van der Waals surface area contributed by atoms with E-state index in [1.165, 1.54) is 7.11 Å². The summed E-state index contributed by atoms with van der Waals surface area (Å²) in [5.74, 6) is 0.196.